The van der Waals surface area contributed by atoms with E-state index < -0.39 is 0 Å². The van der Waals surface area contributed by atoms with Gasteiger partial charge in [0.05, 0.1) is 6.54 Å². The van der Waals surface area contributed by atoms with Crippen molar-refractivity contribution in [3.05, 3.63) is 35.4 Å². The number of rotatable bonds is 4. The number of hydrogen-bond donors (Lipinski definition) is 1. The zero-order valence-electron chi connectivity index (χ0n) is 15.8. The lowest BCUT2D eigenvalue weighted by molar-refractivity contribution is -0.135. The van der Waals surface area contributed by atoms with Crippen molar-refractivity contribution >= 4 is 30.7 Å². The molecule has 3 rings (SSSR count). The first kappa shape index (κ1) is 23.2. The summed E-state index contributed by atoms with van der Waals surface area (Å²) in [6.45, 7) is 12.5. The summed E-state index contributed by atoms with van der Waals surface area (Å²) < 4.78 is 0. The van der Waals surface area contributed by atoms with Crippen LogP contribution in [0.5, 0.6) is 0 Å². The first-order valence-electron chi connectivity index (χ1n) is 9.13. The molecule has 2 saturated heterocycles. The van der Waals surface area contributed by atoms with Gasteiger partial charge in [-0.2, -0.15) is 0 Å². The predicted molar refractivity (Wildman–Crippen MR) is 111 cm³/mol. The average Bonchev–Trinajstić information content (AvgIpc) is 2.59. The van der Waals surface area contributed by atoms with Crippen LogP contribution < -0.4 is 5.32 Å². The Morgan fingerprint density at radius 2 is 1.81 bits per heavy atom. The zero-order chi connectivity index (χ0) is 16.9. The summed E-state index contributed by atoms with van der Waals surface area (Å²) in [5.74, 6) is 0.291. The van der Waals surface area contributed by atoms with Gasteiger partial charge in [-0.15, -0.1) is 24.8 Å². The molecule has 0 bridgehead atoms. The van der Waals surface area contributed by atoms with Crippen LogP contribution in [-0.4, -0.2) is 79.0 Å². The lowest BCUT2D eigenvalue weighted by Gasteiger charge is -2.38. The molecule has 0 unspecified atom stereocenters. The first-order valence-corrected chi connectivity index (χ1v) is 9.13. The summed E-state index contributed by atoms with van der Waals surface area (Å²) in [5, 5.41) is 3.38. The summed E-state index contributed by atoms with van der Waals surface area (Å²) in [7, 11) is 0. The largest absolute Gasteiger partial charge is 0.339 e. The molecule has 148 valence electrons. The number of carbonyl (C=O) groups excluding carboxylic acids is 1. The van der Waals surface area contributed by atoms with Gasteiger partial charge in [-0.3, -0.25) is 14.6 Å². The minimum atomic E-state index is 0. The minimum Gasteiger partial charge on any atom is -0.339 e. The molecule has 1 amide bonds. The van der Waals surface area contributed by atoms with Crippen LogP contribution in [-0.2, 0) is 11.3 Å². The Hall–Kier alpha value is -0.850. The molecule has 26 heavy (non-hydrogen) atoms. The van der Waals surface area contributed by atoms with Gasteiger partial charge in [-0.25, -0.2) is 0 Å². The SMILES string of the molecule is Cc1ccccc1CN1CCN(C(=O)CN2CCNC[C@@H]2C)CC1.Cl.Cl. The molecule has 2 fully saturated rings. The van der Waals surface area contributed by atoms with Crippen molar-refractivity contribution in [2.75, 3.05) is 52.4 Å². The van der Waals surface area contributed by atoms with Crippen molar-refractivity contribution in [1.82, 2.24) is 20.0 Å². The zero-order valence-corrected chi connectivity index (χ0v) is 17.5. The Balaban J connectivity index is 0.00000169. The second-order valence-corrected chi connectivity index (χ2v) is 7.11. The van der Waals surface area contributed by atoms with Gasteiger partial charge in [0, 0.05) is 58.4 Å². The second kappa shape index (κ2) is 11.1. The second-order valence-electron chi connectivity index (χ2n) is 7.11. The normalized spacial score (nSPS) is 21.6. The number of benzene rings is 1. The fourth-order valence-corrected chi connectivity index (χ4v) is 3.58. The molecule has 0 radical (unpaired) electrons. The molecular formula is C19H32Cl2N4O. The molecule has 0 spiro atoms. The molecule has 1 atom stereocenters. The van der Waals surface area contributed by atoms with E-state index in [9.17, 15) is 4.79 Å². The maximum absolute atomic E-state index is 12.6. The van der Waals surface area contributed by atoms with Crippen LogP contribution in [0.15, 0.2) is 24.3 Å². The number of piperazine rings is 2. The Bertz CT molecular complexity index is 564. The highest BCUT2D eigenvalue weighted by molar-refractivity contribution is 5.85. The molecule has 2 aliphatic rings. The molecule has 5 nitrogen and oxygen atoms in total. The monoisotopic (exact) mass is 402 g/mol. The van der Waals surface area contributed by atoms with Crippen LogP contribution in [0, 0.1) is 6.92 Å². The van der Waals surface area contributed by atoms with Crippen molar-refractivity contribution in [2.45, 2.75) is 26.4 Å². The van der Waals surface area contributed by atoms with Gasteiger partial charge in [0.15, 0.2) is 0 Å². The molecule has 1 aromatic rings. The summed E-state index contributed by atoms with van der Waals surface area (Å²) in [6, 6.07) is 9.02. The standard InChI is InChI=1S/C19H30N4O.2ClH/c1-16-5-3-4-6-18(16)14-21-9-11-22(12-10-21)19(24)15-23-8-7-20-13-17(23)2;;/h3-6,17,20H,7-15H2,1-2H3;2*1H/t17-;;/m0../s1. The highest BCUT2D eigenvalue weighted by atomic mass is 35.5. The van der Waals surface area contributed by atoms with Crippen molar-refractivity contribution in [3.63, 3.8) is 0 Å². The van der Waals surface area contributed by atoms with E-state index in [2.05, 4.69) is 53.2 Å². The third kappa shape index (κ3) is 6.10. The molecular weight excluding hydrogens is 371 g/mol. The van der Waals surface area contributed by atoms with Crippen molar-refractivity contribution in [2.24, 2.45) is 0 Å². The predicted octanol–water partition coefficient (Wildman–Crippen LogP) is 1.78. The highest BCUT2D eigenvalue weighted by Crippen LogP contribution is 2.13. The third-order valence-electron chi connectivity index (χ3n) is 5.36. The molecule has 2 heterocycles. The average molecular weight is 403 g/mol. The van der Waals surface area contributed by atoms with Crippen molar-refractivity contribution < 1.29 is 4.79 Å². The summed E-state index contributed by atoms with van der Waals surface area (Å²) in [6.07, 6.45) is 0. The summed E-state index contributed by atoms with van der Waals surface area (Å²) >= 11 is 0. The van der Waals surface area contributed by atoms with Crippen LogP contribution in [0.4, 0.5) is 0 Å². The van der Waals surface area contributed by atoms with Crippen molar-refractivity contribution in [3.8, 4) is 0 Å². The smallest absolute Gasteiger partial charge is 0.236 e. The number of hydrogen-bond acceptors (Lipinski definition) is 4. The number of nitrogens with one attached hydrogen (secondary N) is 1. The van der Waals surface area contributed by atoms with Gasteiger partial charge in [0.1, 0.15) is 0 Å². The molecule has 2 aliphatic heterocycles. The number of amides is 1. The van der Waals surface area contributed by atoms with E-state index in [4.69, 9.17) is 0 Å². The fourth-order valence-electron chi connectivity index (χ4n) is 3.58. The van der Waals surface area contributed by atoms with Gasteiger partial charge in [-0.1, -0.05) is 24.3 Å². The maximum atomic E-state index is 12.6. The first-order chi connectivity index (χ1) is 11.6. The molecule has 0 aliphatic carbocycles. The molecule has 1 aromatic carbocycles. The van der Waals surface area contributed by atoms with Gasteiger partial charge in [0.2, 0.25) is 5.91 Å². The van der Waals surface area contributed by atoms with Crippen LogP contribution >= 0.6 is 24.8 Å². The van der Waals surface area contributed by atoms with Crippen molar-refractivity contribution in [1.29, 1.82) is 0 Å². The topological polar surface area (TPSA) is 38.8 Å². The number of carbonyl (C=O) groups is 1. The molecule has 0 saturated carbocycles. The Morgan fingerprint density at radius 1 is 1.12 bits per heavy atom. The summed E-state index contributed by atoms with van der Waals surface area (Å²) in [4.78, 5) is 19.4. The van der Waals surface area contributed by atoms with Gasteiger partial charge in [-0.05, 0) is 25.0 Å². The summed E-state index contributed by atoms with van der Waals surface area (Å²) in [5.41, 5.74) is 2.75. The Labute approximate surface area is 169 Å². The van der Waals surface area contributed by atoms with E-state index >= 15 is 0 Å². The van der Waals surface area contributed by atoms with Crippen LogP contribution in [0.25, 0.3) is 0 Å². The van der Waals surface area contributed by atoms with E-state index in [1.807, 2.05) is 4.90 Å². The number of halogens is 2. The van der Waals surface area contributed by atoms with Crippen LogP contribution in [0.1, 0.15) is 18.1 Å². The third-order valence-corrected chi connectivity index (χ3v) is 5.36. The van der Waals surface area contributed by atoms with E-state index in [0.717, 1.165) is 52.4 Å². The maximum Gasteiger partial charge on any atom is 0.236 e. The lowest BCUT2D eigenvalue weighted by Crippen LogP contribution is -2.55. The van der Waals surface area contributed by atoms with E-state index in [1.54, 1.807) is 0 Å². The van der Waals surface area contributed by atoms with Gasteiger partial charge < -0.3 is 10.2 Å². The van der Waals surface area contributed by atoms with E-state index in [-0.39, 0.29) is 24.8 Å². The molecule has 7 heteroatoms. The molecule has 1 N–H and O–H groups in total. The minimum absolute atomic E-state index is 0. The fraction of sp³-hybridized carbons (Fsp3) is 0.632. The Kier molecular flexibility index (Phi) is 9.90. The Morgan fingerprint density at radius 3 is 2.46 bits per heavy atom. The van der Waals surface area contributed by atoms with Gasteiger partial charge in [0.25, 0.3) is 0 Å². The van der Waals surface area contributed by atoms with E-state index in [1.165, 1.54) is 11.1 Å². The number of aryl methyl sites for hydroxylation is 1. The lowest BCUT2D eigenvalue weighted by atomic mass is 10.1. The van der Waals surface area contributed by atoms with E-state index in [0.29, 0.717) is 18.5 Å². The number of nitrogens with zero attached hydrogens (tertiary/aromatic N) is 3. The quantitative estimate of drug-likeness (QED) is 0.832. The molecule has 0 aromatic heterocycles. The van der Waals surface area contributed by atoms with Crippen LogP contribution in [0.2, 0.25) is 0 Å². The van der Waals surface area contributed by atoms with Gasteiger partial charge >= 0.3 is 0 Å². The van der Waals surface area contributed by atoms with Crippen LogP contribution in [0.3, 0.4) is 0 Å². The highest BCUT2D eigenvalue weighted by Gasteiger charge is 2.25.